The van der Waals surface area contributed by atoms with Crippen LogP contribution in [-0.4, -0.2) is 9.16 Å². The minimum absolute atomic E-state index is 0.698. The minimum Gasteiger partial charge on any atom is -0.110 e. The Morgan fingerprint density at radius 1 is 0.636 bits per heavy atom. The van der Waals surface area contributed by atoms with Crippen molar-refractivity contribution in [3.63, 3.8) is 0 Å². The first-order valence-corrected chi connectivity index (χ1v) is 11.1. The van der Waals surface area contributed by atoms with E-state index in [1.54, 1.807) is 0 Å². The zero-order valence-corrected chi connectivity index (χ0v) is 15.9. The van der Waals surface area contributed by atoms with Crippen molar-refractivity contribution >= 4 is 47.0 Å². The van der Waals surface area contributed by atoms with Crippen molar-refractivity contribution in [2.45, 2.75) is 55.4 Å². The Labute approximate surface area is 149 Å². The number of hydrogen-bond donors (Lipinski definition) is 0. The van der Waals surface area contributed by atoms with Gasteiger partial charge in [-0.05, 0) is 62.1 Å². The second-order valence-corrected chi connectivity index (χ2v) is 11.4. The van der Waals surface area contributed by atoms with E-state index in [9.17, 15) is 0 Å². The third kappa shape index (κ3) is 3.21. The van der Waals surface area contributed by atoms with Crippen molar-refractivity contribution in [1.82, 2.24) is 0 Å². The Morgan fingerprint density at radius 3 is 1.50 bits per heavy atom. The highest BCUT2D eigenvalue weighted by Gasteiger charge is 2.27. The standard InChI is InChI=1S/C18H18S4/c1-11-3-5-13-15(9-11)21-17(19-13)7-8-18-20-14-6-4-12(2)10-16(14)22-18/h3-6,9-10,17-18H,7-8H2,1-2H3. The molecule has 0 saturated carbocycles. The van der Waals surface area contributed by atoms with Crippen LogP contribution in [0.3, 0.4) is 0 Å². The van der Waals surface area contributed by atoms with E-state index in [1.807, 2.05) is 0 Å². The van der Waals surface area contributed by atoms with E-state index in [4.69, 9.17) is 0 Å². The molecule has 22 heavy (non-hydrogen) atoms. The highest BCUT2D eigenvalue weighted by molar-refractivity contribution is 8.20. The molecule has 0 amide bonds. The molecule has 2 aromatic carbocycles. The third-order valence-electron chi connectivity index (χ3n) is 3.87. The van der Waals surface area contributed by atoms with Crippen molar-refractivity contribution < 1.29 is 0 Å². The minimum atomic E-state index is 0.698. The topological polar surface area (TPSA) is 0 Å². The van der Waals surface area contributed by atoms with E-state index in [1.165, 1.54) is 43.6 Å². The normalized spacial score (nSPS) is 22.6. The maximum absolute atomic E-state index is 2.34. The van der Waals surface area contributed by atoms with Gasteiger partial charge in [-0.1, -0.05) is 12.1 Å². The number of thioether (sulfide) groups is 4. The summed E-state index contributed by atoms with van der Waals surface area (Å²) in [5.41, 5.74) is 2.75. The predicted molar refractivity (Wildman–Crippen MR) is 103 cm³/mol. The van der Waals surface area contributed by atoms with Crippen LogP contribution in [0, 0.1) is 13.8 Å². The molecule has 0 aliphatic carbocycles. The summed E-state index contributed by atoms with van der Waals surface area (Å²) in [5.74, 6) is 0. The highest BCUT2D eigenvalue weighted by atomic mass is 32.2. The van der Waals surface area contributed by atoms with Gasteiger partial charge in [0.2, 0.25) is 0 Å². The van der Waals surface area contributed by atoms with E-state index >= 15 is 0 Å². The second-order valence-electron chi connectivity index (χ2n) is 5.81. The monoisotopic (exact) mass is 362 g/mol. The van der Waals surface area contributed by atoms with Crippen molar-refractivity contribution in [3.8, 4) is 0 Å². The second kappa shape index (κ2) is 6.39. The molecule has 2 aromatic rings. The Hall–Kier alpha value is -0.160. The highest BCUT2D eigenvalue weighted by Crippen LogP contribution is 2.53. The number of benzene rings is 2. The molecule has 2 unspecified atom stereocenters. The fourth-order valence-corrected chi connectivity index (χ4v) is 8.61. The molecule has 4 rings (SSSR count). The zero-order chi connectivity index (χ0) is 15.1. The summed E-state index contributed by atoms with van der Waals surface area (Å²) >= 11 is 8.25. The van der Waals surface area contributed by atoms with Crippen LogP contribution in [0.1, 0.15) is 24.0 Å². The molecule has 2 aliphatic heterocycles. The maximum atomic E-state index is 2.34. The van der Waals surface area contributed by atoms with E-state index < -0.39 is 0 Å². The SMILES string of the molecule is Cc1ccc2c(c1)SC(CCC1Sc3ccc(C)cc3S1)S2. The largest absolute Gasteiger partial charge is 0.110 e. The lowest BCUT2D eigenvalue weighted by Gasteiger charge is -2.11. The number of fused-ring (bicyclic) bond motifs is 2. The molecule has 2 aliphatic rings. The molecule has 0 aromatic heterocycles. The Bertz CT molecular complexity index is 649. The summed E-state index contributed by atoms with van der Waals surface area (Å²) in [6.07, 6.45) is 2.58. The van der Waals surface area contributed by atoms with Gasteiger partial charge in [0.15, 0.2) is 0 Å². The van der Waals surface area contributed by atoms with Crippen molar-refractivity contribution in [2.24, 2.45) is 0 Å². The molecule has 2 atom stereocenters. The lowest BCUT2D eigenvalue weighted by molar-refractivity contribution is 0.860. The number of rotatable bonds is 3. The lowest BCUT2D eigenvalue weighted by atomic mass is 10.2. The molecular weight excluding hydrogens is 344 g/mol. The first-order chi connectivity index (χ1) is 10.7. The van der Waals surface area contributed by atoms with E-state index in [-0.39, 0.29) is 0 Å². The van der Waals surface area contributed by atoms with Gasteiger partial charge in [0.05, 0.1) is 9.16 Å². The van der Waals surface area contributed by atoms with E-state index in [2.05, 4.69) is 97.3 Å². The van der Waals surface area contributed by atoms with Gasteiger partial charge >= 0.3 is 0 Å². The van der Waals surface area contributed by atoms with Crippen LogP contribution in [0.5, 0.6) is 0 Å². The number of hydrogen-bond acceptors (Lipinski definition) is 4. The van der Waals surface area contributed by atoms with Crippen LogP contribution in [0.4, 0.5) is 0 Å². The van der Waals surface area contributed by atoms with Gasteiger partial charge in [-0.25, -0.2) is 0 Å². The molecule has 0 nitrogen and oxygen atoms in total. The summed E-state index contributed by atoms with van der Waals surface area (Å²) in [5, 5.41) is 0. The Morgan fingerprint density at radius 2 is 1.05 bits per heavy atom. The van der Waals surface area contributed by atoms with Gasteiger partial charge in [0.1, 0.15) is 0 Å². The Kier molecular flexibility index (Phi) is 4.46. The molecule has 2 heterocycles. The first-order valence-electron chi connectivity index (χ1n) is 7.55. The van der Waals surface area contributed by atoms with Gasteiger partial charge in [-0.2, -0.15) is 0 Å². The quantitative estimate of drug-likeness (QED) is 0.586. The average Bonchev–Trinajstić information content (AvgIpc) is 3.07. The van der Waals surface area contributed by atoms with Crippen LogP contribution in [0.25, 0.3) is 0 Å². The summed E-state index contributed by atoms with van der Waals surface area (Å²) in [6, 6.07) is 13.7. The van der Waals surface area contributed by atoms with Crippen LogP contribution >= 0.6 is 47.0 Å². The van der Waals surface area contributed by atoms with Crippen molar-refractivity contribution in [2.75, 3.05) is 0 Å². The smallest absolute Gasteiger partial charge is 0.0598 e. The fourth-order valence-electron chi connectivity index (χ4n) is 2.73. The number of aryl methyl sites for hydroxylation is 2. The maximum Gasteiger partial charge on any atom is 0.0598 e. The van der Waals surface area contributed by atoms with Gasteiger partial charge in [-0.15, -0.1) is 47.0 Å². The first kappa shape index (κ1) is 15.4. The van der Waals surface area contributed by atoms with Crippen LogP contribution in [0.2, 0.25) is 0 Å². The summed E-state index contributed by atoms with van der Waals surface area (Å²) < 4.78 is 1.40. The summed E-state index contributed by atoms with van der Waals surface area (Å²) in [6.45, 7) is 4.37. The molecular formula is C18H18S4. The molecule has 0 spiro atoms. The molecule has 0 bridgehead atoms. The third-order valence-corrected chi connectivity index (χ3v) is 9.68. The van der Waals surface area contributed by atoms with Gasteiger partial charge < -0.3 is 0 Å². The van der Waals surface area contributed by atoms with Gasteiger partial charge in [0, 0.05) is 19.6 Å². The van der Waals surface area contributed by atoms with Gasteiger partial charge in [-0.3, -0.25) is 0 Å². The Balaban J connectivity index is 1.34. The van der Waals surface area contributed by atoms with E-state index in [0.717, 1.165) is 0 Å². The molecule has 114 valence electrons. The predicted octanol–water partition coefficient (Wildman–Crippen LogP) is 6.83. The van der Waals surface area contributed by atoms with Crippen molar-refractivity contribution in [3.05, 3.63) is 47.5 Å². The molecule has 0 saturated heterocycles. The summed E-state index contributed by atoms with van der Waals surface area (Å²) in [4.78, 5) is 5.93. The van der Waals surface area contributed by atoms with Gasteiger partial charge in [0.25, 0.3) is 0 Å². The zero-order valence-electron chi connectivity index (χ0n) is 12.7. The molecule has 0 radical (unpaired) electrons. The molecule has 0 fully saturated rings. The lowest BCUT2D eigenvalue weighted by Crippen LogP contribution is -1.98. The van der Waals surface area contributed by atoms with Crippen LogP contribution in [0.15, 0.2) is 56.0 Å². The molecule has 0 N–H and O–H groups in total. The van der Waals surface area contributed by atoms with Crippen molar-refractivity contribution in [1.29, 1.82) is 0 Å². The van der Waals surface area contributed by atoms with E-state index in [0.29, 0.717) is 9.16 Å². The van der Waals surface area contributed by atoms with Crippen LogP contribution in [-0.2, 0) is 0 Å². The van der Waals surface area contributed by atoms with Crippen LogP contribution < -0.4 is 0 Å². The fraction of sp³-hybridized carbons (Fsp3) is 0.333. The average molecular weight is 363 g/mol. The summed E-state index contributed by atoms with van der Waals surface area (Å²) in [7, 11) is 0. The molecule has 4 heteroatoms.